The molecule has 5 heteroatoms. The molecule has 4 nitrogen and oxygen atoms in total. The first-order chi connectivity index (χ1) is 8.60. The molecule has 1 heterocycles. The van der Waals surface area contributed by atoms with Crippen molar-refractivity contribution in [2.24, 2.45) is 0 Å². The van der Waals surface area contributed by atoms with E-state index in [9.17, 15) is 14.6 Å². The van der Waals surface area contributed by atoms with Crippen molar-refractivity contribution in [3.05, 3.63) is 41.8 Å². The van der Waals surface area contributed by atoms with Crippen molar-refractivity contribution in [2.75, 3.05) is 0 Å². The zero-order valence-corrected chi connectivity index (χ0v) is 10.0. The number of nitrogens with zero attached hydrogens (tertiary/aromatic N) is 2. The molecule has 96 valence electrons. The minimum absolute atomic E-state index is 0.152. The summed E-state index contributed by atoms with van der Waals surface area (Å²) in [5.74, 6) is -0.301. The third-order valence-corrected chi connectivity index (χ3v) is 2.60. The Balaban J connectivity index is 2.34. The molecule has 1 atom stereocenters. The van der Waals surface area contributed by atoms with Crippen LogP contribution in [0.5, 0.6) is 0 Å². The first kappa shape index (κ1) is 12.7. The SMILES string of the molecule is C[C@@H](O)Cn1nc(-c2ccc(F)cc2)cc1CO. The van der Waals surface area contributed by atoms with Gasteiger partial charge in [-0.1, -0.05) is 0 Å². The third-order valence-electron chi connectivity index (χ3n) is 2.60. The van der Waals surface area contributed by atoms with Crippen molar-refractivity contribution < 1.29 is 14.6 Å². The van der Waals surface area contributed by atoms with Gasteiger partial charge < -0.3 is 10.2 Å². The smallest absolute Gasteiger partial charge is 0.123 e. The topological polar surface area (TPSA) is 58.3 Å². The fourth-order valence-electron chi connectivity index (χ4n) is 1.75. The fraction of sp³-hybridized carbons (Fsp3) is 0.308. The van der Waals surface area contributed by atoms with Gasteiger partial charge in [0.2, 0.25) is 0 Å². The lowest BCUT2D eigenvalue weighted by Gasteiger charge is -2.07. The van der Waals surface area contributed by atoms with E-state index >= 15 is 0 Å². The summed E-state index contributed by atoms with van der Waals surface area (Å²) in [6.45, 7) is 1.82. The van der Waals surface area contributed by atoms with Crippen LogP contribution in [-0.2, 0) is 13.2 Å². The maximum atomic E-state index is 12.8. The second-order valence-electron chi connectivity index (χ2n) is 4.22. The highest BCUT2D eigenvalue weighted by atomic mass is 19.1. The number of aliphatic hydroxyl groups excluding tert-OH is 2. The monoisotopic (exact) mass is 250 g/mol. The van der Waals surface area contributed by atoms with Crippen molar-refractivity contribution in [2.45, 2.75) is 26.2 Å². The second-order valence-corrected chi connectivity index (χ2v) is 4.22. The fourth-order valence-corrected chi connectivity index (χ4v) is 1.75. The Kier molecular flexibility index (Phi) is 3.74. The molecule has 18 heavy (non-hydrogen) atoms. The van der Waals surface area contributed by atoms with E-state index in [4.69, 9.17) is 0 Å². The zero-order valence-electron chi connectivity index (χ0n) is 10.0. The van der Waals surface area contributed by atoms with Gasteiger partial charge in [0.05, 0.1) is 30.6 Å². The molecule has 0 aliphatic rings. The summed E-state index contributed by atoms with van der Waals surface area (Å²) in [6.07, 6.45) is -0.545. The average Bonchev–Trinajstić information content (AvgIpc) is 2.72. The molecule has 0 spiro atoms. The average molecular weight is 250 g/mol. The van der Waals surface area contributed by atoms with E-state index in [-0.39, 0.29) is 12.4 Å². The summed E-state index contributed by atoms with van der Waals surface area (Å²) in [5, 5.41) is 22.9. The van der Waals surface area contributed by atoms with Crippen molar-refractivity contribution in [3.8, 4) is 11.3 Å². The maximum Gasteiger partial charge on any atom is 0.123 e. The Morgan fingerprint density at radius 2 is 2.00 bits per heavy atom. The molecule has 0 radical (unpaired) electrons. The van der Waals surface area contributed by atoms with Crippen LogP contribution in [0.2, 0.25) is 0 Å². The number of hydrogen-bond acceptors (Lipinski definition) is 3. The minimum Gasteiger partial charge on any atom is -0.391 e. The molecule has 0 fully saturated rings. The van der Waals surface area contributed by atoms with Gasteiger partial charge in [-0.25, -0.2) is 4.39 Å². The van der Waals surface area contributed by atoms with Gasteiger partial charge in [-0.05, 0) is 37.3 Å². The molecule has 0 aliphatic heterocycles. The van der Waals surface area contributed by atoms with Crippen LogP contribution in [0, 0.1) is 5.82 Å². The lowest BCUT2D eigenvalue weighted by molar-refractivity contribution is 0.163. The van der Waals surface area contributed by atoms with Crippen LogP contribution < -0.4 is 0 Å². The Labute approximate surface area is 104 Å². The van der Waals surface area contributed by atoms with Crippen molar-refractivity contribution in [3.63, 3.8) is 0 Å². The van der Waals surface area contributed by atoms with E-state index in [0.717, 1.165) is 5.56 Å². The van der Waals surface area contributed by atoms with E-state index < -0.39 is 6.10 Å². The van der Waals surface area contributed by atoms with Gasteiger partial charge in [-0.15, -0.1) is 0 Å². The van der Waals surface area contributed by atoms with Gasteiger partial charge in [0.25, 0.3) is 0 Å². The number of halogens is 1. The molecular formula is C13H15FN2O2. The molecule has 0 aliphatic carbocycles. The Morgan fingerprint density at radius 1 is 1.33 bits per heavy atom. The van der Waals surface area contributed by atoms with Crippen molar-refractivity contribution >= 4 is 0 Å². The Morgan fingerprint density at radius 3 is 2.56 bits per heavy atom. The molecule has 1 aromatic carbocycles. The standard InChI is InChI=1S/C13H15FN2O2/c1-9(18)7-16-12(8-17)6-13(15-16)10-2-4-11(14)5-3-10/h2-6,9,17-18H,7-8H2,1H3/t9-/m1/s1. The molecule has 0 unspecified atom stereocenters. The first-order valence-electron chi connectivity index (χ1n) is 5.71. The van der Waals surface area contributed by atoms with E-state index in [1.807, 2.05) is 0 Å². The molecule has 0 amide bonds. The van der Waals surface area contributed by atoms with Crippen molar-refractivity contribution in [1.82, 2.24) is 9.78 Å². The van der Waals surface area contributed by atoms with E-state index in [2.05, 4.69) is 5.10 Å². The van der Waals surface area contributed by atoms with Crippen LogP contribution in [-0.4, -0.2) is 26.1 Å². The lowest BCUT2D eigenvalue weighted by Crippen LogP contribution is -2.15. The van der Waals surface area contributed by atoms with E-state index in [0.29, 0.717) is 17.9 Å². The Bertz CT molecular complexity index is 520. The first-order valence-corrected chi connectivity index (χ1v) is 5.71. The normalized spacial score (nSPS) is 12.7. The number of hydrogen-bond donors (Lipinski definition) is 2. The number of aromatic nitrogens is 2. The van der Waals surface area contributed by atoms with E-state index in [1.54, 1.807) is 29.8 Å². The van der Waals surface area contributed by atoms with Crippen LogP contribution in [0.3, 0.4) is 0 Å². The van der Waals surface area contributed by atoms with Gasteiger partial charge in [-0.3, -0.25) is 4.68 Å². The van der Waals surface area contributed by atoms with Crippen LogP contribution >= 0.6 is 0 Å². The van der Waals surface area contributed by atoms with Crippen LogP contribution in [0.15, 0.2) is 30.3 Å². The molecular weight excluding hydrogens is 235 g/mol. The number of aliphatic hydroxyl groups is 2. The molecule has 2 rings (SSSR count). The number of rotatable bonds is 4. The Hall–Kier alpha value is -1.72. The lowest BCUT2D eigenvalue weighted by atomic mass is 10.1. The van der Waals surface area contributed by atoms with Gasteiger partial charge in [0.15, 0.2) is 0 Å². The summed E-state index contributed by atoms with van der Waals surface area (Å²) >= 11 is 0. The van der Waals surface area contributed by atoms with Gasteiger partial charge in [0.1, 0.15) is 5.82 Å². The minimum atomic E-state index is -0.545. The molecule has 1 aromatic heterocycles. The molecule has 2 N–H and O–H groups in total. The highest BCUT2D eigenvalue weighted by molar-refractivity contribution is 5.59. The number of benzene rings is 1. The highest BCUT2D eigenvalue weighted by Gasteiger charge is 2.10. The second kappa shape index (κ2) is 5.29. The predicted molar refractivity (Wildman–Crippen MR) is 65.2 cm³/mol. The van der Waals surface area contributed by atoms with E-state index in [1.165, 1.54) is 12.1 Å². The maximum absolute atomic E-state index is 12.8. The quantitative estimate of drug-likeness (QED) is 0.865. The molecule has 0 saturated heterocycles. The largest absolute Gasteiger partial charge is 0.391 e. The summed E-state index contributed by atoms with van der Waals surface area (Å²) < 4.78 is 14.4. The summed E-state index contributed by atoms with van der Waals surface area (Å²) in [5.41, 5.74) is 2.05. The summed E-state index contributed by atoms with van der Waals surface area (Å²) in [6, 6.07) is 7.72. The predicted octanol–water partition coefficient (Wildman–Crippen LogP) is 1.56. The van der Waals surface area contributed by atoms with Gasteiger partial charge >= 0.3 is 0 Å². The summed E-state index contributed by atoms with van der Waals surface area (Å²) in [4.78, 5) is 0. The molecule has 2 aromatic rings. The van der Waals surface area contributed by atoms with Crippen LogP contribution in [0.4, 0.5) is 4.39 Å². The molecule has 0 bridgehead atoms. The van der Waals surface area contributed by atoms with Gasteiger partial charge in [0, 0.05) is 5.56 Å². The zero-order chi connectivity index (χ0) is 13.1. The van der Waals surface area contributed by atoms with Crippen LogP contribution in [0.1, 0.15) is 12.6 Å². The summed E-state index contributed by atoms with van der Waals surface area (Å²) in [7, 11) is 0. The van der Waals surface area contributed by atoms with Crippen LogP contribution in [0.25, 0.3) is 11.3 Å². The third kappa shape index (κ3) is 2.75. The highest BCUT2D eigenvalue weighted by Crippen LogP contribution is 2.20. The molecule has 0 saturated carbocycles. The van der Waals surface area contributed by atoms with Gasteiger partial charge in [-0.2, -0.15) is 5.10 Å². The van der Waals surface area contributed by atoms with Crippen molar-refractivity contribution in [1.29, 1.82) is 0 Å².